The van der Waals surface area contributed by atoms with Gasteiger partial charge in [-0.05, 0) is 81.6 Å². The van der Waals surface area contributed by atoms with E-state index < -0.39 is 11.7 Å². The largest absolute Gasteiger partial charge is 0.392 e. The molecule has 0 bridgehead atoms. The maximum atomic E-state index is 10.7. The van der Waals surface area contributed by atoms with Crippen LogP contribution in [0.5, 0.6) is 0 Å². The number of aliphatic hydroxyl groups is 3. The summed E-state index contributed by atoms with van der Waals surface area (Å²) in [5.74, 6) is 1.39. The summed E-state index contributed by atoms with van der Waals surface area (Å²) in [5, 5.41) is 30.7. The number of thioether (sulfide) groups is 1. The average Bonchev–Trinajstić information content (AvgIpc) is 3.15. The topological polar surface area (TPSA) is 60.7 Å². The van der Waals surface area contributed by atoms with E-state index in [2.05, 4.69) is 45.9 Å². The van der Waals surface area contributed by atoms with Crippen LogP contribution in [-0.2, 0) is 0 Å². The summed E-state index contributed by atoms with van der Waals surface area (Å²) in [6.07, 6.45) is 17.4. The number of hydrogen-bond donors (Lipinski definition) is 3. The predicted molar refractivity (Wildman–Crippen MR) is 137 cm³/mol. The Morgan fingerprint density at radius 2 is 1.94 bits per heavy atom. The van der Waals surface area contributed by atoms with Crippen molar-refractivity contribution in [2.24, 2.45) is 11.3 Å². The second kappa shape index (κ2) is 11.1. The van der Waals surface area contributed by atoms with E-state index >= 15 is 0 Å². The van der Waals surface area contributed by atoms with Crippen molar-refractivity contribution in [2.75, 3.05) is 12.4 Å². The standard InChI is InChI=1S/C28H44O3S/c1-5-28(31,6-2)19-32-20(3)24-13-14-25-22(8-7-16-27(24,25)4)11-9-21-10-12-23(15-17-29)26(30)18-21/h9,11,13,15,20,25-26,29-31H,5-8,10,12,14,16-19H2,1-4H3/b21-9-,22-11+,23-15-/t20-,25?,26-,27?/m1/s1. The Kier molecular flexibility index (Phi) is 8.93. The van der Waals surface area contributed by atoms with Crippen molar-refractivity contribution >= 4 is 11.8 Å². The van der Waals surface area contributed by atoms with Crippen LogP contribution in [0, 0.1) is 11.3 Å². The molecule has 2 unspecified atom stereocenters. The SMILES string of the molecule is CCC(O)(CC)CS[C@H](C)C1=CCC2/C(=C/C=C3/CC/C(=C/CO)[C@H](O)C3)CCCC12C. The first kappa shape index (κ1) is 25.8. The van der Waals surface area contributed by atoms with E-state index in [-0.39, 0.29) is 12.0 Å². The van der Waals surface area contributed by atoms with E-state index in [0.29, 0.717) is 17.6 Å². The maximum Gasteiger partial charge on any atom is 0.0788 e. The molecule has 0 radical (unpaired) electrons. The van der Waals surface area contributed by atoms with E-state index in [0.717, 1.165) is 43.4 Å². The smallest absolute Gasteiger partial charge is 0.0788 e. The molecule has 4 heteroatoms. The Labute approximate surface area is 199 Å². The highest BCUT2D eigenvalue weighted by molar-refractivity contribution is 8.00. The van der Waals surface area contributed by atoms with Crippen LogP contribution in [0.15, 0.2) is 46.6 Å². The Morgan fingerprint density at radius 3 is 2.59 bits per heavy atom. The minimum atomic E-state index is -0.543. The predicted octanol–water partition coefficient (Wildman–Crippen LogP) is 6.11. The molecular weight excluding hydrogens is 416 g/mol. The Bertz CT molecular complexity index is 774. The fourth-order valence-electron chi connectivity index (χ4n) is 5.99. The summed E-state index contributed by atoms with van der Waals surface area (Å²) in [6, 6.07) is 0. The third-order valence-corrected chi connectivity index (χ3v) is 9.93. The van der Waals surface area contributed by atoms with Gasteiger partial charge in [0.1, 0.15) is 0 Å². The molecule has 32 heavy (non-hydrogen) atoms. The van der Waals surface area contributed by atoms with Gasteiger partial charge in [0, 0.05) is 11.0 Å². The molecule has 3 rings (SSSR count). The number of fused-ring (bicyclic) bond motifs is 1. The molecule has 3 aliphatic rings. The second-order valence-corrected chi connectivity index (χ2v) is 11.7. The van der Waals surface area contributed by atoms with Gasteiger partial charge in [-0.1, -0.05) is 61.8 Å². The molecule has 0 aromatic heterocycles. The molecule has 0 spiro atoms. The highest BCUT2D eigenvalue weighted by atomic mass is 32.2. The van der Waals surface area contributed by atoms with Crippen molar-refractivity contribution in [3.8, 4) is 0 Å². The Hall–Kier alpha value is -0.810. The van der Waals surface area contributed by atoms with Crippen LogP contribution in [0.3, 0.4) is 0 Å². The van der Waals surface area contributed by atoms with Crippen molar-refractivity contribution in [3.05, 3.63) is 46.6 Å². The van der Waals surface area contributed by atoms with Crippen LogP contribution in [0.1, 0.15) is 85.5 Å². The molecule has 2 fully saturated rings. The van der Waals surface area contributed by atoms with E-state index in [1.165, 1.54) is 24.8 Å². The molecule has 3 aliphatic carbocycles. The lowest BCUT2D eigenvalue weighted by Gasteiger charge is -2.42. The molecule has 0 aromatic carbocycles. The molecular formula is C28H44O3S. The van der Waals surface area contributed by atoms with Gasteiger partial charge in [-0.2, -0.15) is 11.8 Å². The van der Waals surface area contributed by atoms with Gasteiger partial charge in [-0.3, -0.25) is 0 Å². The lowest BCUT2D eigenvalue weighted by atomic mass is 9.64. The summed E-state index contributed by atoms with van der Waals surface area (Å²) in [4.78, 5) is 0. The highest BCUT2D eigenvalue weighted by Crippen LogP contribution is 2.57. The van der Waals surface area contributed by atoms with Crippen LogP contribution in [0.2, 0.25) is 0 Å². The molecule has 0 aromatic rings. The van der Waals surface area contributed by atoms with E-state index in [4.69, 9.17) is 5.11 Å². The van der Waals surface area contributed by atoms with Crippen LogP contribution in [-0.4, -0.2) is 44.6 Å². The molecule has 0 aliphatic heterocycles. The van der Waals surface area contributed by atoms with Crippen molar-refractivity contribution in [2.45, 2.75) is 102 Å². The van der Waals surface area contributed by atoms with Gasteiger partial charge < -0.3 is 15.3 Å². The van der Waals surface area contributed by atoms with E-state index in [1.54, 1.807) is 17.2 Å². The van der Waals surface area contributed by atoms with E-state index in [1.807, 2.05) is 11.8 Å². The molecule has 2 saturated carbocycles. The van der Waals surface area contributed by atoms with E-state index in [9.17, 15) is 10.2 Å². The van der Waals surface area contributed by atoms with Crippen molar-refractivity contribution < 1.29 is 15.3 Å². The number of allylic oxidation sites excluding steroid dienone is 4. The van der Waals surface area contributed by atoms with Gasteiger partial charge in [0.25, 0.3) is 0 Å². The monoisotopic (exact) mass is 460 g/mol. The fourth-order valence-corrected chi connectivity index (χ4v) is 7.50. The normalized spacial score (nSPS) is 33.6. The third-order valence-electron chi connectivity index (χ3n) is 8.47. The van der Waals surface area contributed by atoms with Crippen LogP contribution < -0.4 is 0 Å². The summed E-state index contributed by atoms with van der Waals surface area (Å²) < 4.78 is 0. The molecule has 3 N–H and O–H groups in total. The first-order chi connectivity index (χ1) is 15.3. The first-order valence-corrected chi connectivity index (χ1v) is 13.7. The van der Waals surface area contributed by atoms with Gasteiger partial charge in [-0.15, -0.1) is 0 Å². The number of hydrogen-bond acceptors (Lipinski definition) is 4. The van der Waals surface area contributed by atoms with Crippen molar-refractivity contribution in [1.29, 1.82) is 0 Å². The zero-order valence-corrected chi connectivity index (χ0v) is 21.4. The summed E-state index contributed by atoms with van der Waals surface area (Å²) in [6.45, 7) is 8.98. The number of rotatable bonds is 8. The second-order valence-electron chi connectivity index (χ2n) is 10.4. The Balaban J connectivity index is 1.68. The summed E-state index contributed by atoms with van der Waals surface area (Å²) in [7, 11) is 0. The minimum absolute atomic E-state index is 0.0119. The van der Waals surface area contributed by atoms with Crippen molar-refractivity contribution in [3.63, 3.8) is 0 Å². The van der Waals surface area contributed by atoms with Gasteiger partial charge in [0.15, 0.2) is 0 Å². The Morgan fingerprint density at radius 1 is 1.19 bits per heavy atom. The fraction of sp³-hybridized carbons (Fsp3) is 0.714. The zero-order valence-electron chi connectivity index (χ0n) is 20.6. The third kappa shape index (κ3) is 5.63. The average molecular weight is 461 g/mol. The maximum absolute atomic E-state index is 10.7. The first-order valence-electron chi connectivity index (χ1n) is 12.7. The molecule has 180 valence electrons. The van der Waals surface area contributed by atoms with Crippen LogP contribution in [0.4, 0.5) is 0 Å². The van der Waals surface area contributed by atoms with Gasteiger partial charge in [0.2, 0.25) is 0 Å². The van der Waals surface area contributed by atoms with Crippen LogP contribution >= 0.6 is 11.8 Å². The quantitative estimate of drug-likeness (QED) is 0.382. The van der Waals surface area contributed by atoms with Gasteiger partial charge >= 0.3 is 0 Å². The zero-order chi connectivity index (χ0) is 23.4. The molecule has 0 saturated heterocycles. The lowest BCUT2D eigenvalue weighted by Crippen LogP contribution is -2.35. The summed E-state index contributed by atoms with van der Waals surface area (Å²) >= 11 is 1.93. The van der Waals surface area contributed by atoms with Gasteiger partial charge in [0.05, 0.1) is 18.3 Å². The molecule has 0 amide bonds. The molecule has 3 nitrogen and oxygen atoms in total. The lowest BCUT2D eigenvalue weighted by molar-refractivity contribution is 0.0571. The summed E-state index contributed by atoms with van der Waals surface area (Å²) in [5.41, 5.74) is 5.15. The molecule has 0 heterocycles. The number of aliphatic hydroxyl groups excluding tert-OH is 2. The molecule has 4 atom stereocenters. The van der Waals surface area contributed by atoms with Gasteiger partial charge in [-0.25, -0.2) is 0 Å². The minimum Gasteiger partial charge on any atom is -0.392 e. The van der Waals surface area contributed by atoms with Crippen LogP contribution in [0.25, 0.3) is 0 Å². The highest BCUT2D eigenvalue weighted by Gasteiger charge is 2.46. The van der Waals surface area contributed by atoms with Crippen molar-refractivity contribution in [1.82, 2.24) is 0 Å².